The van der Waals surface area contributed by atoms with E-state index in [1.54, 1.807) is 0 Å². The van der Waals surface area contributed by atoms with Crippen molar-refractivity contribution in [3.63, 3.8) is 0 Å². The summed E-state index contributed by atoms with van der Waals surface area (Å²) in [5.41, 5.74) is 5.49. The van der Waals surface area contributed by atoms with E-state index in [-0.39, 0.29) is 6.04 Å². The van der Waals surface area contributed by atoms with Crippen LogP contribution in [-0.2, 0) is 11.2 Å². The summed E-state index contributed by atoms with van der Waals surface area (Å²) in [6.07, 6.45) is 3.19. The van der Waals surface area contributed by atoms with Gasteiger partial charge < -0.3 is 4.74 Å². The highest BCUT2D eigenvalue weighted by atomic mass is 16.5. The third-order valence-corrected chi connectivity index (χ3v) is 2.85. The summed E-state index contributed by atoms with van der Waals surface area (Å²) < 4.78 is 5.37. The average Bonchev–Trinajstić information content (AvgIpc) is 2.35. The minimum atomic E-state index is 0.179. The summed E-state index contributed by atoms with van der Waals surface area (Å²) in [6.45, 7) is 5.70. The summed E-state index contributed by atoms with van der Waals surface area (Å²) in [6, 6.07) is 8.81. The van der Waals surface area contributed by atoms with Crippen molar-refractivity contribution in [2.75, 3.05) is 13.2 Å². The third-order valence-electron chi connectivity index (χ3n) is 2.85. The lowest BCUT2D eigenvalue weighted by Crippen LogP contribution is -2.29. The predicted molar refractivity (Wildman–Crippen MR) is 71.6 cm³/mol. The fourth-order valence-electron chi connectivity index (χ4n) is 1.95. The quantitative estimate of drug-likeness (QED) is 0.414. The maximum atomic E-state index is 5.61. The van der Waals surface area contributed by atoms with Gasteiger partial charge in [0.15, 0.2) is 0 Å². The summed E-state index contributed by atoms with van der Waals surface area (Å²) >= 11 is 0. The summed E-state index contributed by atoms with van der Waals surface area (Å²) in [5.74, 6) is 5.61. The van der Waals surface area contributed by atoms with Crippen molar-refractivity contribution in [3.8, 4) is 0 Å². The van der Waals surface area contributed by atoms with E-state index in [0.29, 0.717) is 0 Å². The van der Waals surface area contributed by atoms with Gasteiger partial charge >= 0.3 is 0 Å². The number of hydrazine groups is 1. The topological polar surface area (TPSA) is 47.3 Å². The smallest absolute Gasteiger partial charge is 0.0484 e. The zero-order chi connectivity index (χ0) is 12.5. The van der Waals surface area contributed by atoms with Gasteiger partial charge in [-0.3, -0.25) is 11.3 Å². The molecule has 0 saturated carbocycles. The van der Waals surface area contributed by atoms with E-state index in [2.05, 4.69) is 36.6 Å². The molecule has 0 spiro atoms. The number of aryl methyl sites for hydroxylation is 1. The normalized spacial score (nSPS) is 12.6. The molecule has 0 aromatic heterocycles. The van der Waals surface area contributed by atoms with Gasteiger partial charge in [-0.15, -0.1) is 0 Å². The standard InChI is InChI=1S/C14H24N2O/c1-3-6-12-7-5-8-13(11-12)14(16-15)9-10-17-4-2/h5,7-8,11,14,16H,3-4,6,9-10,15H2,1-2H3. The van der Waals surface area contributed by atoms with Crippen molar-refractivity contribution >= 4 is 0 Å². The molecule has 0 aliphatic heterocycles. The maximum Gasteiger partial charge on any atom is 0.0484 e. The van der Waals surface area contributed by atoms with Gasteiger partial charge in [0.2, 0.25) is 0 Å². The number of benzene rings is 1. The van der Waals surface area contributed by atoms with Gasteiger partial charge in [-0.25, -0.2) is 0 Å². The minimum Gasteiger partial charge on any atom is -0.382 e. The second-order valence-corrected chi connectivity index (χ2v) is 4.20. The lowest BCUT2D eigenvalue weighted by Gasteiger charge is -2.17. The van der Waals surface area contributed by atoms with Crippen LogP contribution in [0.25, 0.3) is 0 Å². The Kier molecular flexibility index (Phi) is 6.86. The maximum absolute atomic E-state index is 5.61. The summed E-state index contributed by atoms with van der Waals surface area (Å²) in [7, 11) is 0. The van der Waals surface area contributed by atoms with Gasteiger partial charge in [-0.1, -0.05) is 37.6 Å². The van der Waals surface area contributed by atoms with E-state index in [1.807, 2.05) is 6.92 Å². The molecule has 0 amide bonds. The molecule has 0 fully saturated rings. The second kappa shape index (κ2) is 8.23. The SMILES string of the molecule is CCCc1cccc(C(CCOCC)NN)c1. The van der Waals surface area contributed by atoms with Crippen molar-refractivity contribution in [2.24, 2.45) is 5.84 Å². The molecule has 0 bridgehead atoms. The fraction of sp³-hybridized carbons (Fsp3) is 0.571. The highest BCUT2D eigenvalue weighted by molar-refractivity contribution is 5.26. The van der Waals surface area contributed by atoms with E-state index in [1.165, 1.54) is 17.5 Å². The van der Waals surface area contributed by atoms with Gasteiger partial charge in [0.05, 0.1) is 0 Å². The number of nitrogens with two attached hydrogens (primary N) is 1. The van der Waals surface area contributed by atoms with E-state index < -0.39 is 0 Å². The minimum absolute atomic E-state index is 0.179. The number of nitrogens with one attached hydrogen (secondary N) is 1. The first-order chi connectivity index (χ1) is 8.31. The molecule has 96 valence electrons. The van der Waals surface area contributed by atoms with Crippen molar-refractivity contribution in [3.05, 3.63) is 35.4 Å². The van der Waals surface area contributed by atoms with Crippen LogP contribution < -0.4 is 11.3 Å². The zero-order valence-electron chi connectivity index (χ0n) is 10.9. The molecule has 1 unspecified atom stereocenters. The van der Waals surface area contributed by atoms with Crippen molar-refractivity contribution in [1.29, 1.82) is 0 Å². The molecular weight excluding hydrogens is 212 g/mol. The molecule has 1 aromatic rings. The molecule has 3 N–H and O–H groups in total. The lowest BCUT2D eigenvalue weighted by molar-refractivity contribution is 0.136. The van der Waals surface area contributed by atoms with Crippen LogP contribution in [0.4, 0.5) is 0 Å². The van der Waals surface area contributed by atoms with Gasteiger partial charge in [0.25, 0.3) is 0 Å². The largest absolute Gasteiger partial charge is 0.382 e. The van der Waals surface area contributed by atoms with Gasteiger partial charge in [0, 0.05) is 19.3 Å². The van der Waals surface area contributed by atoms with Crippen LogP contribution in [0.1, 0.15) is 43.9 Å². The Bertz CT molecular complexity index is 315. The monoisotopic (exact) mass is 236 g/mol. The van der Waals surface area contributed by atoms with Crippen LogP contribution >= 0.6 is 0 Å². The molecule has 17 heavy (non-hydrogen) atoms. The van der Waals surface area contributed by atoms with Crippen LogP contribution in [0.5, 0.6) is 0 Å². The van der Waals surface area contributed by atoms with Gasteiger partial charge in [-0.05, 0) is 30.9 Å². The molecule has 0 radical (unpaired) electrons. The Morgan fingerprint density at radius 3 is 2.82 bits per heavy atom. The second-order valence-electron chi connectivity index (χ2n) is 4.20. The molecular formula is C14H24N2O. The summed E-state index contributed by atoms with van der Waals surface area (Å²) in [5, 5.41) is 0. The predicted octanol–water partition coefficient (Wildman–Crippen LogP) is 2.57. The average molecular weight is 236 g/mol. The van der Waals surface area contributed by atoms with Crippen molar-refractivity contribution < 1.29 is 4.74 Å². The molecule has 0 aliphatic rings. The highest BCUT2D eigenvalue weighted by Crippen LogP contribution is 2.18. The number of ether oxygens (including phenoxy) is 1. The molecule has 0 aliphatic carbocycles. The highest BCUT2D eigenvalue weighted by Gasteiger charge is 2.09. The van der Waals surface area contributed by atoms with Crippen LogP contribution in [0.2, 0.25) is 0 Å². The number of rotatable bonds is 8. The molecule has 0 heterocycles. The Morgan fingerprint density at radius 2 is 2.18 bits per heavy atom. The Balaban J connectivity index is 2.63. The molecule has 3 nitrogen and oxygen atoms in total. The van der Waals surface area contributed by atoms with E-state index in [9.17, 15) is 0 Å². The Labute approximate surface area is 104 Å². The molecule has 1 atom stereocenters. The summed E-state index contributed by atoms with van der Waals surface area (Å²) in [4.78, 5) is 0. The molecule has 1 rings (SSSR count). The van der Waals surface area contributed by atoms with Gasteiger partial charge in [0.1, 0.15) is 0 Å². The lowest BCUT2D eigenvalue weighted by atomic mass is 10.0. The van der Waals surface area contributed by atoms with Crippen molar-refractivity contribution in [2.45, 2.75) is 39.2 Å². The number of hydrogen-bond donors (Lipinski definition) is 2. The van der Waals surface area contributed by atoms with Crippen LogP contribution in [0, 0.1) is 0 Å². The fourth-order valence-corrected chi connectivity index (χ4v) is 1.95. The van der Waals surface area contributed by atoms with Crippen LogP contribution in [0.3, 0.4) is 0 Å². The Hall–Kier alpha value is -0.900. The van der Waals surface area contributed by atoms with E-state index in [0.717, 1.165) is 26.1 Å². The number of hydrogen-bond acceptors (Lipinski definition) is 3. The first-order valence-corrected chi connectivity index (χ1v) is 6.44. The van der Waals surface area contributed by atoms with Crippen molar-refractivity contribution in [1.82, 2.24) is 5.43 Å². The zero-order valence-corrected chi connectivity index (χ0v) is 10.9. The molecule has 0 saturated heterocycles. The van der Waals surface area contributed by atoms with E-state index >= 15 is 0 Å². The van der Waals surface area contributed by atoms with Crippen LogP contribution in [0.15, 0.2) is 24.3 Å². The van der Waals surface area contributed by atoms with Crippen LogP contribution in [-0.4, -0.2) is 13.2 Å². The van der Waals surface area contributed by atoms with E-state index in [4.69, 9.17) is 10.6 Å². The Morgan fingerprint density at radius 1 is 1.35 bits per heavy atom. The third kappa shape index (κ3) is 4.86. The first-order valence-electron chi connectivity index (χ1n) is 6.44. The molecule has 3 heteroatoms. The first kappa shape index (κ1) is 14.2. The van der Waals surface area contributed by atoms with Gasteiger partial charge in [-0.2, -0.15) is 0 Å². The molecule has 1 aromatic carbocycles.